The maximum absolute atomic E-state index is 12.9. The van der Waals surface area contributed by atoms with Gasteiger partial charge in [-0.25, -0.2) is 0 Å². The topological polar surface area (TPSA) is 156 Å². The number of carbonyl (C=O) groups is 2. The average molecular weight is 773 g/mol. The van der Waals surface area contributed by atoms with Crippen LogP contribution in [0, 0.1) is 29.6 Å². The van der Waals surface area contributed by atoms with Crippen molar-refractivity contribution in [2.45, 2.75) is 126 Å². The number of hydrogen-bond acceptors (Lipinski definition) is 9. The molecule has 2 unspecified atom stereocenters. The Kier molecular flexibility index (Phi) is 12.2. The van der Waals surface area contributed by atoms with Gasteiger partial charge in [0.25, 0.3) is 0 Å². The van der Waals surface area contributed by atoms with Crippen molar-refractivity contribution in [2.75, 3.05) is 13.2 Å². The van der Waals surface area contributed by atoms with Gasteiger partial charge < -0.3 is 44.9 Å². The lowest BCUT2D eigenvalue weighted by Crippen LogP contribution is -2.68. The van der Waals surface area contributed by atoms with Gasteiger partial charge in [-0.1, -0.05) is 91.9 Å². The van der Waals surface area contributed by atoms with E-state index >= 15 is 0 Å². The van der Waals surface area contributed by atoms with Crippen molar-refractivity contribution < 1.29 is 43.9 Å². The van der Waals surface area contributed by atoms with Gasteiger partial charge in [-0.3, -0.25) is 9.59 Å². The Morgan fingerprint density at radius 2 is 1.16 bits per heavy atom. The minimum absolute atomic E-state index is 0.0333. The highest BCUT2D eigenvalue weighted by Gasteiger charge is 2.71. The minimum atomic E-state index is -1.24. The van der Waals surface area contributed by atoms with Crippen molar-refractivity contribution in [3.05, 3.63) is 96.1 Å². The number of rotatable bonds is 12. The van der Waals surface area contributed by atoms with Crippen LogP contribution in [0.15, 0.2) is 85.0 Å². The third-order valence-electron chi connectivity index (χ3n) is 14.0. The number of hydrogen-bond donors (Lipinski definition) is 5. The van der Waals surface area contributed by atoms with Gasteiger partial charge >= 0.3 is 0 Å². The summed E-state index contributed by atoms with van der Waals surface area (Å²) in [5, 5.41) is 38.1. The van der Waals surface area contributed by atoms with E-state index in [-0.39, 0.29) is 42.8 Å². The normalized spacial score (nSPS) is 38.2. The Bertz CT molecular complexity index is 1600. The van der Waals surface area contributed by atoms with E-state index in [0.717, 1.165) is 49.7 Å². The molecule has 5 N–H and O–H groups in total. The number of benzene rings is 2. The summed E-state index contributed by atoms with van der Waals surface area (Å²) in [6, 6.07) is 19.7. The molecule has 11 heteroatoms. The molecule has 4 heterocycles. The number of fused-ring (bicyclic) bond motifs is 2. The smallest absolute Gasteiger partial charge is 0.227 e. The van der Waals surface area contributed by atoms with E-state index in [2.05, 4.69) is 35.8 Å². The van der Waals surface area contributed by atoms with Gasteiger partial charge in [0.1, 0.15) is 16.7 Å². The molecule has 56 heavy (non-hydrogen) atoms. The Morgan fingerprint density at radius 1 is 0.714 bits per heavy atom. The quantitative estimate of drug-likeness (QED) is 0.186. The molecule has 0 radical (unpaired) electrons. The first-order chi connectivity index (χ1) is 27.0. The highest BCUT2D eigenvalue weighted by atomic mass is 16.7. The summed E-state index contributed by atoms with van der Waals surface area (Å²) in [6.45, 7) is 6.23. The largest absolute Gasteiger partial charge is 0.394 e. The van der Waals surface area contributed by atoms with Crippen LogP contribution in [0.1, 0.15) is 83.3 Å². The first-order valence-electron chi connectivity index (χ1n) is 20.5. The number of ether oxygens (including phenoxy) is 4. The van der Waals surface area contributed by atoms with Gasteiger partial charge in [-0.15, -0.1) is 0 Å². The fourth-order valence-corrected chi connectivity index (χ4v) is 10.4. The van der Waals surface area contributed by atoms with Crippen molar-refractivity contribution in [3.63, 3.8) is 0 Å². The Hall–Kier alpha value is -3.42. The van der Waals surface area contributed by atoms with Crippen molar-refractivity contribution >= 4 is 11.8 Å². The summed E-state index contributed by atoms with van der Waals surface area (Å²) >= 11 is 0. The van der Waals surface area contributed by atoms with Gasteiger partial charge in [0.05, 0.1) is 49.9 Å². The highest BCUT2D eigenvalue weighted by molar-refractivity contribution is 5.86. The zero-order valence-corrected chi connectivity index (χ0v) is 33.0. The van der Waals surface area contributed by atoms with Crippen LogP contribution in [0.4, 0.5) is 0 Å². The van der Waals surface area contributed by atoms with E-state index in [0.29, 0.717) is 32.0 Å². The van der Waals surface area contributed by atoms with Crippen LogP contribution in [-0.4, -0.2) is 81.3 Å². The van der Waals surface area contributed by atoms with Crippen molar-refractivity contribution in [1.29, 1.82) is 0 Å². The van der Waals surface area contributed by atoms with Gasteiger partial charge in [0.15, 0.2) is 12.6 Å². The standard InChI is InChI=1S/C23H31NO4.C22H29NO5/c1-16(18-11-7-4-8-12-18)23(15-25)22(2)19(21(26)24-23)13-20(28-22)27-14-17-9-5-3-6-10-17;1-21-17(12-18(28-21)27-13-15-8-4-2-5-9-15)20(26)23-22(21,14-24)19(25)16-10-6-3-7-11-16/h3,5-7,9-11,16,18-20,25H,4,8,12-15H2,1-2H3,(H,24,26);2,4-6,8-10,16-19,24-25H,3,7,11-14H2,1H3,(H,23,26)/t16-,18-,19+,20?,22+,23-;16-,17+,18?,19-,21+,22-/m11/s1. The predicted molar refractivity (Wildman–Crippen MR) is 209 cm³/mol. The molecule has 0 aromatic heterocycles. The summed E-state index contributed by atoms with van der Waals surface area (Å²) in [6.07, 6.45) is 13.6. The van der Waals surface area contributed by atoms with E-state index < -0.39 is 46.9 Å². The van der Waals surface area contributed by atoms with Gasteiger partial charge in [-0.2, -0.15) is 0 Å². The van der Waals surface area contributed by atoms with Crippen LogP contribution in [0.2, 0.25) is 0 Å². The van der Waals surface area contributed by atoms with E-state index in [1.165, 1.54) is 0 Å². The van der Waals surface area contributed by atoms with E-state index in [1.807, 2.05) is 80.6 Å². The Morgan fingerprint density at radius 3 is 1.61 bits per heavy atom. The molecule has 2 aliphatic carbocycles. The first kappa shape index (κ1) is 40.8. The van der Waals surface area contributed by atoms with Crippen molar-refractivity contribution in [2.24, 2.45) is 29.6 Å². The van der Waals surface area contributed by atoms with Gasteiger partial charge in [0, 0.05) is 18.8 Å². The summed E-state index contributed by atoms with van der Waals surface area (Å²) in [7, 11) is 0. The summed E-state index contributed by atoms with van der Waals surface area (Å²) in [5.41, 5.74) is -1.77. The fraction of sp³-hybridized carbons (Fsp3) is 0.600. The number of nitrogens with one attached hydrogen (secondary N) is 2. The molecular formula is C45H60N2O9. The Balaban J connectivity index is 0.000000172. The Labute approximate surface area is 330 Å². The number of aliphatic hydroxyl groups excluding tert-OH is 3. The lowest BCUT2D eigenvalue weighted by atomic mass is 9.65. The van der Waals surface area contributed by atoms with Crippen molar-refractivity contribution in [1.82, 2.24) is 10.6 Å². The number of carbonyl (C=O) groups excluding carboxylic acids is 2. The number of allylic oxidation sites excluding steroid dienone is 3. The van der Waals surface area contributed by atoms with E-state index in [9.17, 15) is 24.9 Å². The molecule has 304 valence electrons. The van der Waals surface area contributed by atoms with E-state index in [4.69, 9.17) is 18.9 Å². The predicted octanol–water partition coefficient (Wildman–Crippen LogP) is 5.08. The molecule has 6 aliphatic rings. The molecule has 0 bridgehead atoms. The average Bonchev–Trinajstić information content (AvgIpc) is 3.90. The third-order valence-corrected chi connectivity index (χ3v) is 14.0. The molecule has 4 fully saturated rings. The molecule has 2 aromatic rings. The fourth-order valence-electron chi connectivity index (χ4n) is 10.4. The molecule has 12 atom stereocenters. The summed E-state index contributed by atoms with van der Waals surface area (Å²) in [4.78, 5) is 25.6. The SMILES string of the molecule is C[C@H]([C@@H]1C=CCCC1)[C@@]1(CO)NC(=O)[C@@H]2CC(OCc3ccccc3)O[C@@]21C.C[C@]12OC(OCc3ccccc3)C[C@H]1C(=O)N[C@]2(CO)[C@H](O)[C@@H]1C=CCCC1. The molecular weight excluding hydrogens is 713 g/mol. The third kappa shape index (κ3) is 7.29. The second-order valence-corrected chi connectivity index (χ2v) is 17.0. The zero-order chi connectivity index (χ0) is 39.6. The molecule has 0 saturated carbocycles. The first-order valence-corrected chi connectivity index (χ1v) is 20.5. The maximum Gasteiger partial charge on any atom is 0.227 e. The number of aliphatic hydroxyl groups is 3. The molecule has 4 saturated heterocycles. The lowest BCUT2D eigenvalue weighted by molar-refractivity contribution is -0.210. The minimum Gasteiger partial charge on any atom is -0.394 e. The van der Waals surface area contributed by atoms with Crippen molar-refractivity contribution in [3.8, 4) is 0 Å². The highest BCUT2D eigenvalue weighted by Crippen LogP contribution is 2.54. The lowest BCUT2D eigenvalue weighted by Gasteiger charge is -2.47. The monoisotopic (exact) mass is 772 g/mol. The van der Waals surface area contributed by atoms with Crippen LogP contribution in [-0.2, 0) is 41.8 Å². The maximum atomic E-state index is 12.9. The number of amides is 2. The molecule has 4 aliphatic heterocycles. The van der Waals surface area contributed by atoms with Crippen LogP contribution in [0.25, 0.3) is 0 Å². The van der Waals surface area contributed by atoms with Crippen LogP contribution in [0.3, 0.4) is 0 Å². The molecule has 2 amide bonds. The van der Waals surface area contributed by atoms with Crippen LogP contribution in [0.5, 0.6) is 0 Å². The second-order valence-electron chi connectivity index (χ2n) is 17.0. The molecule has 11 nitrogen and oxygen atoms in total. The van der Waals surface area contributed by atoms with Crippen LogP contribution < -0.4 is 10.6 Å². The summed E-state index contributed by atoms with van der Waals surface area (Å²) in [5.74, 6) is -0.733. The summed E-state index contributed by atoms with van der Waals surface area (Å²) < 4.78 is 24.6. The molecule has 8 rings (SSSR count). The van der Waals surface area contributed by atoms with Gasteiger partial charge in [-0.05, 0) is 75.3 Å². The van der Waals surface area contributed by atoms with Crippen LogP contribution >= 0.6 is 0 Å². The zero-order valence-electron chi connectivity index (χ0n) is 33.0. The second kappa shape index (κ2) is 16.8. The molecule has 2 aromatic carbocycles. The van der Waals surface area contributed by atoms with Gasteiger partial charge in [0.2, 0.25) is 11.8 Å². The van der Waals surface area contributed by atoms with E-state index in [1.54, 1.807) is 0 Å². The molecule has 0 spiro atoms.